The molecule has 0 radical (unpaired) electrons. The van der Waals surface area contributed by atoms with Crippen molar-refractivity contribution in [1.82, 2.24) is 29.7 Å². The number of aromatic nitrogens is 4. The van der Waals surface area contributed by atoms with Gasteiger partial charge in [-0.3, -0.25) is 4.79 Å². The van der Waals surface area contributed by atoms with Crippen LogP contribution in [0, 0.1) is 5.92 Å². The van der Waals surface area contributed by atoms with E-state index in [2.05, 4.69) is 31.2 Å². The summed E-state index contributed by atoms with van der Waals surface area (Å²) in [6, 6.07) is 7.08. The maximum absolute atomic E-state index is 12.9. The first-order valence-corrected chi connectivity index (χ1v) is 15.8. The normalized spacial score (nSPS) is 18.1. The van der Waals surface area contributed by atoms with Crippen LogP contribution in [-0.2, 0) is 25.5 Å². The van der Waals surface area contributed by atoms with E-state index in [-0.39, 0.29) is 5.91 Å². The fraction of sp³-hybridized carbons (Fsp3) is 0.483. The van der Waals surface area contributed by atoms with Crippen LogP contribution in [-0.4, -0.2) is 61.2 Å². The number of alkyl carbamates (subject to hydrolysis) is 1. The number of ether oxygens (including phenoxy) is 3. The molecule has 0 bridgehead atoms. The van der Waals surface area contributed by atoms with Crippen LogP contribution in [0.1, 0.15) is 58.8 Å². The minimum atomic E-state index is -0.651. The molecule has 4 aliphatic rings. The van der Waals surface area contributed by atoms with Crippen LogP contribution < -0.4 is 11.1 Å². The zero-order valence-electron chi connectivity index (χ0n) is 24.6. The number of hydrogen-bond donors (Lipinski definition) is 2. The minimum absolute atomic E-state index is 0.102. The highest BCUT2D eigenvalue weighted by atomic mass is 79.9. The predicted molar refractivity (Wildman–Crippen MR) is 165 cm³/mol. The SMILES string of the molecule is C[C@H](NC(=O)OC(C)(C)C)C(=O)N1CCC(CCn2cnc(N)c3nc(SC4=COC(c5ccccc5Br)O4)nc2-3)CC1. The van der Waals surface area contributed by atoms with Gasteiger partial charge in [0.25, 0.3) is 6.29 Å². The van der Waals surface area contributed by atoms with Crippen molar-refractivity contribution in [3.8, 4) is 11.5 Å². The third kappa shape index (κ3) is 7.71. The van der Waals surface area contributed by atoms with Crippen LogP contribution in [0.4, 0.5) is 10.6 Å². The number of amides is 2. The number of nitrogens with zero attached hydrogens (tertiary/aromatic N) is 5. The number of imidazole rings is 1. The van der Waals surface area contributed by atoms with Gasteiger partial charge in [0, 0.05) is 29.7 Å². The molecule has 14 heteroatoms. The molecule has 2 atom stereocenters. The summed E-state index contributed by atoms with van der Waals surface area (Å²) in [5.41, 5.74) is 6.95. The van der Waals surface area contributed by atoms with E-state index in [0.29, 0.717) is 53.1 Å². The smallest absolute Gasteiger partial charge is 0.408 e. The maximum Gasteiger partial charge on any atom is 0.408 e. The number of benzene rings is 1. The van der Waals surface area contributed by atoms with Crippen molar-refractivity contribution in [2.24, 2.45) is 5.92 Å². The predicted octanol–water partition coefficient (Wildman–Crippen LogP) is 5.30. The second-order valence-corrected chi connectivity index (χ2v) is 13.4. The fourth-order valence-electron chi connectivity index (χ4n) is 4.95. The van der Waals surface area contributed by atoms with Gasteiger partial charge in [-0.15, -0.1) is 0 Å². The summed E-state index contributed by atoms with van der Waals surface area (Å²) < 4.78 is 19.8. The van der Waals surface area contributed by atoms with Crippen LogP contribution in [0.25, 0.3) is 11.5 Å². The van der Waals surface area contributed by atoms with E-state index in [0.717, 1.165) is 29.3 Å². The van der Waals surface area contributed by atoms with Gasteiger partial charge in [-0.05, 0) is 70.7 Å². The third-order valence-electron chi connectivity index (χ3n) is 7.14. The standard InChI is InChI=1S/C29H36BrN7O5S/c1-17(33-28(39)42-29(2,3)4)25(38)36-12-9-18(10-13-36)11-14-37-16-32-23(31)22-24(37)35-27(34-22)43-21-15-40-26(41-21)19-7-5-6-8-20(19)30/h5-8,15-18,26H,9-14,31H2,1-4H3,(H,33,39)/t17-,26?/m0/s1. The highest BCUT2D eigenvalue weighted by Crippen LogP contribution is 2.40. The Balaban J connectivity index is 1.13. The number of nitrogens with one attached hydrogen (secondary N) is 1. The van der Waals surface area contributed by atoms with E-state index in [1.165, 1.54) is 11.8 Å². The number of carbonyl (C=O) groups is 2. The van der Waals surface area contributed by atoms with E-state index in [1.54, 1.807) is 40.3 Å². The van der Waals surface area contributed by atoms with Gasteiger partial charge in [-0.1, -0.05) is 34.1 Å². The van der Waals surface area contributed by atoms with Gasteiger partial charge in [0.15, 0.2) is 22.5 Å². The molecule has 3 N–H and O–H groups in total. The molecule has 4 aliphatic heterocycles. The molecule has 1 aromatic carbocycles. The number of halogens is 1. The summed E-state index contributed by atoms with van der Waals surface area (Å²) in [6.07, 6.45) is 4.75. The van der Waals surface area contributed by atoms with Crippen molar-refractivity contribution < 1.29 is 23.8 Å². The second kappa shape index (κ2) is 13.0. The lowest BCUT2D eigenvalue weighted by Crippen LogP contribution is -2.50. The first-order chi connectivity index (χ1) is 20.5. The quantitative estimate of drug-likeness (QED) is 0.323. The summed E-state index contributed by atoms with van der Waals surface area (Å²) in [6.45, 7) is 9.01. The lowest BCUT2D eigenvalue weighted by molar-refractivity contribution is -0.134. The summed E-state index contributed by atoms with van der Waals surface area (Å²) in [5.74, 6) is 1.30. The number of likely N-dealkylation sites (tertiary alicyclic amines) is 1. The number of nitrogens with two attached hydrogens (primary N) is 1. The topological polar surface area (TPSA) is 147 Å². The molecule has 43 heavy (non-hydrogen) atoms. The molecule has 2 amide bonds. The van der Waals surface area contributed by atoms with E-state index in [9.17, 15) is 9.59 Å². The number of fused-ring (bicyclic) bond motifs is 1. The minimum Gasteiger partial charge on any atom is -0.454 e. The van der Waals surface area contributed by atoms with E-state index < -0.39 is 24.0 Å². The molecule has 1 unspecified atom stereocenters. The molecule has 230 valence electrons. The molecule has 0 spiro atoms. The average molecular weight is 675 g/mol. The van der Waals surface area contributed by atoms with Gasteiger partial charge in [-0.2, -0.15) is 0 Å². The molecule has 1 aromatic rings. The number of hydrogen-bond acceptors (Lipinski definition) is 10. The third-order valence-corrected chi connectivity index (χ3v) is 8.62. The number of carbonyl (C=O) groups excluding carboxylic acids is 2. The number of thioether (sulfide) groups is 1. The number of piperidine rings is 1. The molecule has 0 aromatic heterocycles. The lowest BCUT2D eigenvalue weighted by atomic mass is 9.93. The molecule has 1 fully saturated rings. The Bertz CT molecular complexity index is 1470. The van der Waals surface area contributed by atoms with Crippen LogP contribution in [0.5, 0.6) is 0 Å². The van der Waals surface area contributed by atoms with Crippen molar-refractivity contribution in [3.63, 3.8) is 0 Å². The molecule has 1 saturated heterocycles. The lowest BCUT2D eigenvalue weighted by Gasteiger charge is -2.34. The van der Waals surface area contributed by atoms with Gasteiger partial charge >= 0.3 is 6.09 Å². The number of rotatable bonds is 8. The monoisotopic (exact) mass is 673 g/mol. The van der Waals surface area contributed by atoms with Crippen molar-refractivity contribution in [3.05, 3.63) is 52.0 Å². The van der Waals surface area contributed by atoms with Crippen molar-refractivity contribution in [1.29, 1.82) is 0 Å². The van der Waals surface area contributed by atoms with Crippen LogP contribution in [0.3, 0.4) is 0 Å². The van der Waals surface area contributed by atoms with Crippen molar-refractivity contribution in [2.45, 2.75) is 76.6 Å². The first-order valence-electron chi connectivity index (χ1n) is 14.2. The zero-order valence-corrected chi connectivity index (χ0v) is 27.0. The molecular formula is C29H36BrN7O5S. The number of anilines is 1. The van der Waals surface area contributed by atoms with Crippen molar-refractivity contribution in [2.75, 3.05) is 18.8 Å². The van der Waals surface area contributed by atoms with Gasteiger partial charge < -0.3 is 34.7 Å². The highest BCUT2D eigenvalue weighted by molar-refractivity contribution is 9.10. The van der Waals surface area contributed by atoms with Gasteiger partial charge in [0.2, 0.25) is 11.0 Å². The molecular weight excluding hydrogens is 638 g/mol. The summed E-state index contributed by atoms with van der Waals surface area (Å²) in [5, 5.41) is 3.68. The second-order valence-electron chi connectivity index (χ2n) is 11.6. The van der Waals surface area contributed by atoms with Gasteiger partial charge in [0.1, 0.15) is 17.9 Å². The van der Waals surface area contributed by atoms with Gasteiger partial charge in [-0.25, -0.2) is 19.7 Å². The average Bonchev–Trinajstić information content (AvgIpc) is 3.60. The largest absolute Gasteiger partial charge is 0.454 e. The fourth-order valence-corrected chi connectivity index (χ4v) is 6.11. The summed E-state index contributed by atoms with van der Waals surface area (Å²) in [4.78, 5) is 40.4. The van der Waals surface area contributed by atoms with E-state index in [1.807, 2.05) is 33.7 Å². The Morgan fingerprint density at radius 3 is 2.70 bits per heavy atom. The molecule has 5 rings (SSSR count). The maximum atomic E-state index is 12.9. The summed E-state index contributed by atoms with van der Waals surface area (Å²) in [7, 11) is 0. The molecule has 0 aliphatic carbocycles. The molecule has 4 heterocycles. The number of aryl methyl sites for hydroxylation is 1. The Kier molecular flexibility index (Phi) is 9.35. The van der Waals surface area contributed by atoms with E-state index >= 15 is 0 Å². The zero-order chi connectivity index (χ0) is 30.7. The Labute approximate surface area is 263 Å². The molecule has 12 nitrogen and oxygen atoms in total. The Morgan fingerprint density at radius 2 is 1.98 bits per heavy atom. The first kappa shape index (κ1) is 30.9. The van der Waals surface area contributed by atoms with Crippen LogP contribution >= 0.6 is 27.7 Å². The number of nitrogen functional groups attached to an aromatic ring is 1. The Hall–Kier alpha value is -3.52. The molecule has 0 saturated carbocycles. The van der Waals surface area contributed by atoms with Crippen molar-refractivity contribution >= 4 is 45.5 Å². The van der Waals surface area contributed by atoms with Crippen LogP contribution in [0.2, 0.25) is 0 Å². The Morgan fingerprint density at radius 1 is 1.23 bits per heavy atom. The van der Waals surface area contributed by atoms with E-state index in [4.69, 9.17) is 24.9 Å². The summed E-state index contributed by atoms with van der Waals surface area (Å²) >= 11 is 4.80. The van der Waals surface area contributed by atoms with Gasteiger partial charge in [0.05, 0.1) is 6.33 Å². The highest BCUT2D eigenvalue weighted by Gasteiger charge is 2.30. The van der Waals surface area contributed by atoms with Crippen LogP contribution in [0.15, 0.2) is 51.6 Å².